The monoisotopic (exact) mass is 375 g/mol. The van der Waals surface area contributed by atoms with Gasteiger partial charge in [-0.25, -0.2) is 4.98 Å². The smallest absolute Gasteiger partial charge is 0.374 e. The molecule has 1 heterocycles. The van der Waals surface area contributed by atoms with Gasteiger partial charge in [-0.15, -0.1) is 11.3 Å². The molecule has 0 N–H and O–H groups in total. The highest BCUT2D eigenvalue weighted by Crippen LogP contribution is 2.37. The standard InChI is InChI=1S/C9H5BrF3NO3S2/c1-4-2-5-7(18-8(10)14-5)6(3-4)17-19(15,16)9(11,12)13/h2-3H,1H3. The second kappa shape index (κ2) is 4.60. The van der Waals surface area contributed by atoms with Crippen LogP contribution in [0.3, 0.4) is 0 Å². The van der Waals surface area contributed by atoms with Crippen molar-refractivity contribution in [2.75, 3.05) is 0 Å². The van der Waals surface area contributed by atoms with Crippen LogP contribution in [0, 0.1) is 6.92 Å². The summed E-state index contributed by atoms with van der Waals surface area (Å²) < 4.78 is 63.7. The fraction of sp³-hybridized carbons (Fsp3) is 0.222. The number of hydrogen-bond donors (Lipinski definition) is 0. The van der Waals surface area contributed by atoms with E-state index in [4.69, 9.17) is 0 Å². The van der Waals surface area contributed by atoms with Crippen molar-refractivity contribution in [3.8, 4) is 5.75 Å². The number of halogens is 4. The molecule has 2 rings (SSSR count). The Morgan fingerprint density at radius 2 is 2.00 bits per heavy atom. The van der Waals surface area contributed by atoms with Crippen LogP contribution in [0.5, 0.6) is 5.75 Å². The van der Waals surface area contributed by atoms with E-state index < -0.39 is 15.6 Å². The molecule has 0 aliphatic rings. The Bertz CT molecular complexity index is 739. The lowest BCUT2D eigenvalue weighted by Crippen LogP contribution is -2.28. The summed E-state index contributed by atoms with van der Waals surface area (Å²) in [6.45, 7) is 1.60. The Morgan fingerprint density at radius 1 is 1.37 bits per heavy atom. The summed E-state index contributed by atoms with van der Waals surface area (Å²) in [5.41, 5.74) is -4.56. The van der Waals surface area contributed by atoms with Crippen molar-refractivity contribution < 1.29 is 25.8 Å². The third-order valence-corrected chi connectivity index (χ3v) is 4.56. The van der Waals surface area contributed by atoms with Gasteiger partial charge in [0.2, 0.25) is 0 Å². The van der Waals surface area contributed by atoms with Gasteiger partial charge in [0.25, 0.3) is 0 Å². The number of rotatable bonds is 2. The molecule has 19 heavy (non-hydrogen) atoms. The second-order valence-electron chi connectivity index (χ2n) is 3.56. The molecule has 2 aromatic rings. The van der Waals surface area contributed by atoms with Gasteiger partial charge >= 0.3 is 15.6 Å². The molecule has 0 unspecified atom stereocenters. The van der Waals surface area contributed by atoms with E-state index in [0.717, 1.165) is 11.3 Å². The van der Waals surface area contributed by atoms with Gasteiger partial charge in [0.1, 0.15) is 0 Å². The molecule has 0 amide bonds. The maximum Gasteiger partial charge on any atom is 0.534 e. The first-order valence-corrected chi connectivity index (χ1v) is 7.69. The summed E-state index contributed by atoms with van der Waals surface area (Å²) in [6, 6.07) is 2.83. The lowest BCUT2D eigenvalue weighted by molar-refractivity contribution is -0.0499. The van der Waals surface area contributed by atoms with E-state index in [9.17, 15) is 21.6 Å². The Balaban J connectivity index is 2.58. The van der Waals surface area contributed by atoms with E-state index in [2.05, 4.69) is 25.1 Å². The molecule has 0 saturated heterocycles. The molecule has 0 bridgehead atoms. The molecular weight excluding hydrogens is 371 g/mol. The summed E-state index contributed by atoms with van der Waals surface area (Å²) in [4.78, 5) is 4.01. The summed E-state index contributed by atoms with van der Waals surface area (Å²) in [6.07, 6.45) is 0. The topological polar surface area (TPSA) is 56.3 Å². The van der Waals surface area contributed by atoms with Gasteiger partial charge in [-0.1, -0.05) is 0 Å². The highest BCUT2D eigenvalue weighted by Gasteiger charge is 2.48. The zero-order valence-electron chi connectivity index (χ0n) is 9.16. The largest absolute Gasteiger partial charge is 0.534 e. The molecular formula is C9H5BrF3NO3S2. The third kappa shape index (κ3) is 2.84. The predicted molar refractivity (Wildman–Crippen MR) is 67.7 cm³/mol. The zero-order valence-corrected chi connectivity index (χ0v) is 12.4. The molecule has 4 nitrogen and oxygen atoms in total. The molecule has 0 aliphatic heterocycles. The first kappa shape index (κ1) is 14.5. The Morgan fingerprint density at radius 3 is 2.58 bits per heavy atom. The molecule has 0 fully saturated rings. The minimum absolute atomic E-state index is 0.227. The second-order valence-corrected chi connectivity index (χ2v) is 7.37. The van der Waals surface area contributed by atoms with Crippen molar-refractivity contribution in [1.29, 1.82) is 0 Å². The van der Waals surface area contributed by atoms with Crippen LogP contribution in [0.2, 0.25) is 0 Å². The number of alkyl halides is 3. The Labute approximate surface area is 118 Å². The van der Waals surface area contributed by atoms with Crippen molar-refractivity contribution in [2.45, 2.75) is 12.4 Å². The molecule has 104 valence electrons. The van der Waals surface area contributed by atoms with Crippen LogP contribution >= 0.6 is 27.3 Å². The normalized spacial score (nSPS) is 12.9. The van der Waals surface area contributed by atoms with Crippen LogP contribution < -0.4 is 4.18 Å². The number of fused-ring (bicyclic) bond motifs is 1. The summed E-state index contributed by atoms with van der Waals surface area (Å²) >= 11 is 4.07. The fourth-order valence-electron chi connectivity index (χ4n) is 1.34. The van der Waals surface area contributed by atoms with E-state index in [-0.39, 0.29) is 10.4 Å². The van der Waals surface area contributed by atoms with E-state index in [1.165, 1.54) is 6.07 Å². The first-order valence-electron chi connectivity index (χ1n) is 4.67. The van der Waals surface area contributed by atoms with Gasteiger partial charge < -0.3 is 4.18 Å². The number of thiazole rings is 1. The van der Waals surface area contributed by atoms with Crippen molar-refractivity contribution >= 4 is 47.6 Å². The molecule has 0 atom stereocenters. The quantitative estimate of drug-likeness (QED) is 0.594. The van der Waals surface area contributed by atoms with Crippen molar-refractivity contribution in [3.63, 3.8) is 0 Å². The van der Waals surface area contributed by atoms with E-state index in [0.29, 0.717) is 15.0 Å². The summed E-state index contributed by atoms with van der Waals surface area (Å²) in [5.74, 6) is -0.379. The molecule has 0 spiro atoms. The van der Waals surface area contributed by atoms with Gasteiger partial charge in [-0.3, -0.25) is 0 Å². The maximum atomic E-state index is 12.3. The van der Waals surface area contributed by atoms with Crippen LogP contribution in [0.4, 0.5) is 13.2 Å². The lowest BCUT2D eigenvalue weighted by Gasteiger charge is -2.10. The molecule has 0 saturated carbocycles. The Kier molecular flexibility index (Phi) is 3.52. The molecule has 1 aromatic carbocycles. The van der Waals surface area contributed by atoms with Crippen molar-refractivity contribution in [3.05, 3.63) is 21.6 Å². The van der Waals surface area contributed by atoms with Crippen LogP contribution in [-0.2, 0) is 10.1 Å². The average molecular weight is 376 g/mol. The van der Waals surface area contributed by atoms with Gasteiger partial charge in [0, 0.05) is 0 Å². The average Bonchev–Trinajstić information content (AvgIpc) is 2.56. The highest BCUT2D eigenvalue weighted by molar-refractivity contribution is 9.11. The van der Waals surface area contributed by atoms with E-state index in [1.54, 1.807) is 13.0 Å². The van der Waals surface area contributed by atoms with Crippen LogP contribution in [0.1, 0.15) is 5.56 Å². The SMILES string of the molecule is Cc1cc(OS(=O)(=O)C(F)(F)F)c2sc(Br)nc2c1. The van der Waals surface area contributed by atoms with Crippen molar-refractivity contribution in [1.82, 2.24) is 4.98 Å². The number of benzene rings is 1. The van der Waals surface area contributed by atoms with Crippen LogP contribution in [-0.4, -0.2) is 18.9 Å². The Hall–Kier alpha value is -0.870. The number of aryl methyl sites for hydroxylation is 1. The first-order chi connectivity index (χ1) is 8.60. The van der Waals surface area contributed by atoms with Gasteiger partial charge in [-0.05, 0) is 40.5 Å². The summed E-state index contributed by atoms with van der Waals surface area (Å²) in [7, 11) is -5.69. The number of hydrogen-bond acceptors (Lipinski definition) is 5. The summed E-state index contributed by atoms with van der Waals surface area (Å²) in [5, 5.41) is 0. The lowest BCUT2D eigenvalue weighted by atomic mass is 10.2. The van der Waals surface area contributed by atoms with E-state index >= 15 is 0 Å². The zero-order chi connectivity index (χ0) is 14.4. The molecule has 1 aromatic heterocycles. The highest BCUT2D eigenvalue weighted by atomic mass is 79.9. The van der Waals surface area contributed by atoms with E-state index in [1.807, 2.05) is 0 Å². The minimum Gasteiger partial charge on any atom is -0.374 e. The van der Waals surface area contributed by atoms with Gasteiger partial charge in [0.15, 0.2) is 9.67 Å². The van der Waals surface area contributed by atoms with Crippen LogP contribution in [0.15, 0.2) is 16.0 Å². The van der Waals surface area contributed by atoms with Crippen molar-refractivity contribution in [2.24, 2.45) is 0 Å². The fourth-order valence-corrected chi connectivity index (χ4v) is 3.25. The maximum absolute atomic E-state index is 12.3. The molecule has 0 radical (unpaired) electrons. The van der Waals surface area contributed by atoms with Crippen LogP contribution in [0.25, 0.3) is 10.2 Å². The minimum atomic E-state index is -5.69. The third-order valence-electron chi connectivity index (χ3n) is 2.06. The molecule has 0 aliphatic carbocycles. The van der Waals surface area contributed by atoms with Gasteiger partial charge in [0.05, 0.1) is 10.2 Å². The molecule has 10 heteroatoms. The predicted octanol–water partition coefficient (Wildman–Crippen LogP) is 3.60. The van der Waals surface area contributed by atoms with Gasteiger partial charge in [-0.2, -0.15) is 21.6 Å². The number of nitrogens with zero attached hydrogens (tertiary/aromatic N) is 1. The number of aromatic nitrogens is 1.